The topological polar surface area (TPSA) is 0 Å². The zero-order chi connectivity index (χ0) is 9.31. The zero-order valence-electron chi connectivity index (χ0n) is 7.72. The largest absolute Gasteiger partial charge is 0.207 e. The normalized spacial score (nSPS) is 19.5. The van der Waals surface area contributed by atoms with E-state index in [4.69, 9.17) is 0 Å². The van der Waals surface area contributed by atoms with Gasteiger partial charge in [0, 0.05) is 0 Å². The second-order valence-electron chi connectivity index (χ2n) is 4.16. The van der Waals surface area contributed by atoms with Gasteiger partial charge in [-0.15, -0.1) is 0 Å². The Morgan fingerprint density at radius 1 is 1.23 bits per heavy atom. The van der Waals surface area contributed by atoms with E-state index in [1.54, 1.807) is 0 Å². The third kappa shape index (κ3) is 1.90. The van der Waals surface area contributed by atoms with E-state index in [1.165, 1.54) is 37.0 Å². The van der Waals surface area contributed by atoms with E-state index < -0.39 is 0 Å². The molecule has 0 N–H and O–H groups in total. The highest BCUT2D eigenvalue weighted by Crippen LogP contribution is 2.42. The average Bonchev–Trinajstić information content (AvgIpc) is 2.06. The van der Waals surface area contributed by atoms with E-state index in [1.807, 2.05) is 12.1 Å². The lowest BCUT2D eigenvalue weighted by atomic mass is 9.67. The summed E-state index contributed by atoms with van der Waals surface area (Å²) in [6, 6.07) is 6.77. The summed E-state index contributed by atoms with van der Waals surface area (Å²) in [7, 11) is 0. The summed E-state index contributed by atoms with van der Waals surface area (Å²) in [5.41, 5.74) is 1.45. The van der Waals surface area contributed by atoms with Gasteiger partial charge in [0.2, 0.25) is 0 Å². The standard InChI is InChI=1S/C12H14F/c1-12(7-2-8-12)9-10-3-5-11(13)6-4-10/h3-6H,1-2,7-9H2. The van der Waals surface area contributed by atoms with Crippen molar-refractivity contribution >= 4 is 0 Å². The Morgan fingerprint density at radius 2 is 1.85 bits per heavy atom. The molecule has 0 aliphatic heterocycles. The molecule has 0 saturated heterocycles. The van der Waals surface area contributed by atoms with Gasteiger partial charge in [-0.05, 0) is 49.3 Å². The summed E-state index contributed by atoms with van der Waals surface area (Å²) < 4.78 is 12.6. The minimum Gasteiger partial charge on any atom is -0.207 e. The first-order valence-corrected chi connectivity index (χ1v) is 4.78. The molecule has 1 radical (unpaired) electrons. The van der Waals surface area contributed by atoms with Gasteiger partial charge in [-0.3, -0.25) is 0 Å². The molecule has 0 nitrogen and oxygen atoms in total. The molecule has 0 bridgehead atoms. The van der Waals surface area contributed by atoms with E-state index in [0.717, 1.165) is 6.42 Å². The van der Waals surface area contributed by atoms with Gasteiger partial charge in [-0.25, -0.2) is 4.39 Å². The molecule has 1 aromatic rings. The number of hydrogen-bond donors (Lipinski definition) is 0. The molecule has 1 aliphatic carbocycles. The third-order valence-corrected chi connectivity index (χ3v) is 2.91. The van der Waals surface area contributed by atoms with Crippen molar-refractivity contribution in [3.8, 4) is 0 Å². The van der Waals surface area contributed by atoms with Gasteiger partial charge in [0.15, 0.2) is 0 Å². The fourth-order valence-electron chi connectivity index (χ4n) is 1.89. The predicted octanol–water partition coefficient (Wildman–Crippen LogP) is 3.37. The molecule has 0 spiro atoms. The third-order valence-electron chi connectivity index (χ3n) is 2.91. The summed E-state index contributed by atoms with van der Waals surface area (Å²) in [6.07, 6.45) is 4.72. The summed E-state index contributed by atoms with van der Waals surface area (Å²) >= 11 is 0. The Labute approximate surface area is 78.8 Å². The minimum atomic E-state index is -0.157. The van der Waals surface area contributed by atoms with Gasteiger partial charge in [-0.2, -0.15) is 0 Å². The quantitative estimate of drug-likeness (QED) is 0.649. The molecule has 2 rings (SSSR count). The second-order valence-corrected chi connectivity index (χ2v) is 4.16. The molecule has 0 unspecified atom stereocenters. The highest BCUT2D eigenvalue weighted by molar-refractivity contribution is 5.18. The molecule has 1 heteroatoms. The van der Waals surface area contributed by atoms with E-state index in [-0.39, 0.29) is 11.2 Å². The smallest absolute Gasteiger partial charge is 0.123 e. The van der Waals surface area contributed by atoms with Crippen LogP contribution in [0.15, 0.2) is 24.3 Å². The zero-order valence-corrected chi connectivity index (χ0v) is 7.72. The molecular weight excluding hydrogens is 163 g/mol. The van der Waals surface area contributed by atoms with Crippen LogP contribution >= 0.6 is 0 Å². The van der Waals surface area contributed by atoms with Crippen molar-refractivity contribution in [1.29, 1.82) is 0 Å². The van der Waals surface area contributed by atoms with Gasteiger partial charge < -0.3 is 0 Å². The number of hydrogen-bond acceptors (Lipinski definition) is 0. The van der Waals surface area contributed by atoms with Crippen molar-refractivity contribution in [2.75, 3.05) is 0 Å². The average molecular weight is 177 g/mol. The van der Waals surface area contributed by atoms with Crippen LogP contribution in [0.1, 0.15) is 24.8 Å². The van der Waals surface area contributed by atoms with Crippen LogP contribution in [-0.4, -0.2) is 0 Å². The SMILES string of the molecule is [CH2]C1(Cc2ccc(F)cc2)CCC1. The molecule has 0 amide bonds. The minimum absolute atomic E-state index is 0.157. The van der Waals surface area contributed by atoms with Gasteiger partial charge in [0.25, 0.3) is 0 Å². The fraction of sp³-hybridized carbons (Fsp3) is 0.417. The molecule has 0 atom stereocenters. The van der Waals surface area contributed by atoms with Crippen LogP contribution in [0.5, 0.6) is 0 Å². The van der Waals surface area contributed by atoms with Crippen molar-refractivity contribution in [2.24, 2.45) is 5.41 Å². The molecule has 1 aromatic carbocycles. The van der Waals surface area contributed by atoms with Gasteiger partial charge >= 0.3 is 0 Å². The van der Waals surface area contributed by atoms with E-state index >= 15 is 0 Å². The van der Waals surface area contributed by atoms with Crippen molar-refractivity contribution in [1.82, 2.24) is 0 Å². The van der Waals surface area contributed by atoms with Crippen LogP contribution in [-0.2, 0) is 6.42 Å². The first kappa shape index (κ1) is 8.74. The lowest BCUT2D eigenvalue weighted by molar-refractivity contribution is 0.199. The molecule has 1 saturated carbocycles. The Kier molecular flexibility index (Phi) is 2.10. The maximum atomic E-state index is 12.6. The Bertz CT molecular complexity index is 282. The molecule has 13 heavy (non-hydrogen) atoms. The number of rotatable bonds is 2. The van der Waals surface area contributed by atoms with Crippen LogP contribution in [0.4, 0.5) is 4.39 Å². The van der Waals surface area contributed by atoms with E-state index in [2.05, 4.69) is 6.92 Å². The van der Waals surface area contributed by atoms with E-state index in [9.17, 15) is 4.39 Å². The highest BCUT2D eigenvalue weighted by atomic mass is 19.1. The lowest BCUT2D eigenvalue weighted by Crippen LogP contribution is -2.28. The highest BCUT2D eigenvalue weighted by Gasteiger charge is 2.31. The summed E-state index contributed by atoms with van der Waals surface area (Å²) in [4.78, 5) is 0. The summed E-state index contributed by atoms with van der Waals surface area (Å²) in [5.74, 6) is -0.157. The maximum Gasteiger partial charge on any atom is 0.123 e. The molecule has 0 heterocycles. The Balaban J connectivity index is 2.05. The molecule has 1 fully saturated rings. The number of benzene rings is 1. The van der Waals surface area contributed by atoms with Crippen LogP contribution in [0.3, 0.4) is 0 Å². The summed E-state index contributed by atoms with van der Waals surface area (Å²) in [5, 5.41) is 0. The van der Waals surface area contributed by atoms with Crippen LogP contribution in [0.25, 0.3) is 0 Å². The van der Waals surface area contributed by atoms with Crippen LogP contribution < -0.4 is 0 Å². The maximum absolute atomic E-state index is 12.6. The first-order valence-electron chi connectivity index (χ1n) is 4.78. The van der Waals surface area contributed by atoms with Gasteiger partial charge in [0.05, 0.1) is 0 Å². The molecular formula is C12H14F. The van der Waals surface area contributed by atoms with Crippen molar-refractivity contribution in [2.45, 2.75) is 25.7 Å². The van der Waals surface area contributed by atoms with Crippen molar-refractivity contribution in [3.63, 3.8) is 0 Å². The van der Waals surface area contributed by atoms with Gasteiger partial charge in [-0.1, -0.05) is 18.6 Å². The number of halogens is 1. The van der Waals surface area contributed by atoms with Crippen LogP contribution in [0, 0.1) is 18.2 Å². The molecule has 69 valence electrons. The van der Waals surface area contributed by atoms with Crippen molar-refractivity contribution < 1.29 is 4.39 Å². The predicted molar refractivity (Wildman–Crippen MR) is 51.7 cm³/mol. The molecule has 0 aromatic heterocycles. The Morgan fingerprint density at radius 3 is 2.31 bits per heavy atom. The Hall–Kier alpha value is -0.850. The lowest BCUT2D eigenvalue weighted by Gasteiger charge is -2.38. The summed E-state index contributed by atoms with van der Waals surface area (Å²) in [6.45, 7) is 4.20. The van der Waals surface area contributed by atoms with E-state index in [0.29, 0.717) is 0 Å². The van der Waals surface area contributed by atoms with Crippen LogP contribution in [0.2, 0.25) is 0 Å². The molecule has 1 aliphatic rings. The first-order chi connectivity index (χ1) is 6.18. The van der Waals surface area contributed by atoms with Gasteiger partial charge in [0.1, 0.15) is 5.82 Å². The van der Waals surface area contributed by atoms with Crippen molar-refractivity contribution in [3.05, 3.63) is 42.6 Å². The second kappa shape index (κ2) is 3.13. The monoisotopic (exact) mass is 177 g/mol. The fourth-order valence-corrected chi connectivity index (χ4v) is 1.89.